The van der Waals surface area contributed by atoms with Crippen LogP contribution in [-0.2, 0) is 17.7 Å². The molecule has 0 spiro atoms. The van der Waals surface area contributed by atoms with Crippen molar-refractivity contribution in [1.82, 2.24) is 0 Å². The average molecular weight is 377 g/mol. The van der Waals surface area contributed by atoms with Crippen LogP contribution in [0.5, 0.6) is 0 Å². The van der Waals surface area contributed by atoms with Crippen LogP contribution in [0.15, 0.2) is 0 Å². The van der Waals surface area contributed by atoms with Crippen molar-refractivity contribution >= 4 is 9.05 Å². The molecule has 0 heterocycles. The molecule has 0 saturated heterocycles. The third-order valence-corrected chi connectivity index (χ3v) is 3.85. The minimum atomic E-state index is -2.80. The largest absolute Gasteiger partial charge is 0.679 e. The molecule has 0 N–H and O–H groups in total. The molecule has 0 unspecified atom stereocenters. The predicted molar refractivity (Wildman–Crippen MR) is 52.3 cm³/mol. The van der Waals surface area contributed by atoms with E-state index in [0.717, 1.165) is 0 Å². The van der Waals surface area contributed by atoms with Gasteiger partial charge in [-0.05, 0) is 27.7 Å². The summed E-state index contributed by atoms with van der Waals surface area (Å²) in [5.74, 6) is 0. The van der Waals surface area contributed by atoms with Gasteiger partial charge in [-0.2, -0.15) is 0 Å². The van der Waals surface area contributed by atoms with Gasteiger partial charge in [-0.1, -0.05) is 0 Å². The molecule has 0 saturated carbocycles. The molecule has 0 atom stereocenters. The molecule has 0 fully saturated rings. The second-order valence-corrected chi connectivity index (χ2v) is 4.39. The van der Waals surface area contributed by atoms with Crippen molar-refractivity contribution in [2.45, 2.75) is 27.7 Å². The Morgan fingerprint density at radius 1 is 0.643 bits per heavy atom. The maximum Gasteiger partial charge on any atom is 0.679 e. The Morgan fingerprint density at radius 3 is 1.00 bits per heavy atom. The third kappa shape index (κ3) is 6.72. The summed E-state index contributed by atoms with van der Waals surface area (Å²) in [6.45, 7) is 9.80. The molecular formula is C8H20O4SiTm. The molecule has 93 valence electrons. The Labute approximate surface area is 117 Å². The molecule has 14 heavy (non-hydrogen) atoms. The fraction of sp³-hybridized carbons (Fsp3) is 1.00. The first-order valence-corrected chi connectivity index (χ1v) is 6.43. The smallest absolute Gasteiger partial charge is 0.351 e. The Morgan fingerprint density at radius 2 is 0.857 bits per heavy atom. The Balaban J connectivity index is 0. The summed E-state index contributed by atoms with van der Waals surface area (Å²) in [4.78, 5) is 0. The van der Waals surface area contributed by atoms with Crippen molar-refractivity contribution in [3.8, 4) is 0 Å². The monoisotopic (exact) mass is 377 g/mol. The van der Waals surface area contributed by atoms with Crippen LogP contribution in [0.1, 0.15) is 27.7 Å². The van der Waals surface area contributed by atoms with Crippen LogP contribution in [0.2, 0.25) is 0 Å². The van der Waals surface area contributed by atoms with E-state index in [-0.39, 0.29) is 36.9 Å². The van der Waals surface area contributed by atoms with Crippen LogP contribution in [0.4, 0.5) is 0 Å². The topological polar surface area (TPSA) is 36.9 Å². The fourth-order valence-electron chi connectivity index (χ4n) is 0.957. The summed E-state index contributed by atoms with van der Waals surface area (Å²) in [6.07, 6.45) is 0. The van der Waals surface area contributed by atoms with Crippen LogP contribution in [0.25, 0.3) is 0 Å². The van der Waals surface area contributed by atoms with E-state index in [1.807, 2.05) is 27.7 Å². The van der Waals surface area contributed by atoms with Crippen molar-refractivity contribution in [2.75, 3.05) is 26.4 Å². The van der Waals surface area contributed by atoms with E-state index in [9.17, 15) is 0 Å². The van der Waals surface area contributed by atoms with Crippen molar-refractivity contribution < 1.29 is 54.6 Å². The van der Waals surface area contributed by atoms with Crippen molar-refractivity contribution in [3.05, 3.63) is 0 Å². The first-order chi connectivity index (χ1) is 6.24. The zero-order chi connectivity index (χ0) is 10.2. The minimum absolute atomic E-state index is 0. The van der Waals surface area contributed by atoms with Crippen LogP contribution >= 0.6 is 0 Å². The molecular weight excluding hydrogens is 357 g/mol. The summed E-state index contributed by atoms with van der Waals surface area (Å²) < 4.78 is 21.7. The molecule has 4 nitrogen and oxygen atoms in total. The SMILES string of the molecule is CCO[Si](OCC)(OCC)OCC.[Tm]. The van der Waals surface area contributed by atoms with Crippen LogP contribution in [0.3, 0.4) is 0 Å². The molecule has 0 amide bonds. The Hall–Kier alpha value is 1.29. The van der Waals surface area contributed by atoms with Crippen LogP contribution in [0, 0.1) is 36.9 Å². The summed E-state index contributed by atoms with van der Waals surface area (Å²) >= 11 is 0. The van der Waals surface area contributed by atoms with Gasteiger partial charge in [0.15, 0.2) is 0 Å². The van der Waals surface area contributed by atoms with Gasteiger partial charge in [0.05, 0.1) is 0 Å². The maximum atomic E-state index is 5.42. The molecule has 0 aliphatic rings. The van der Waals surface area contributed by atoms with Gasteiger partial charge in [0.25, 0.3) is 0 Å². The zero-order valence-corrected chi connectivity index (χ0v) is 12.0. The first kappa shape index (κ1) is 17.7. The van der Waals surface area contributed by atoms with Crippen molar-refractivity contribution in [3.63, 3.8) is 0 Å². The van der Waals surface area contributed by atoms with Gasteiger partial charge in [0.2, 0.25) is 0 Å². The minimum Gasteiger partial charge on any atom is -0.351 e. The summed E-state index contributed by atoms with van der Waals surface area (Å²) in [7, 11) is -2.80. The maximum absolute atomic E-state index is 5.42. The van der Waals surface area contributed by atoms with Gasteiger partial charge in [0.1, 0.15) is 0 Å². The molecule has 6 heteroatoms. The molecule has 0 rings (SSSR count). The Bertz CT molecular complexity index is 96.4. The number of hydrogen-bond acceptors (Lipinski definition) is 4. The molecule has 0 aromatic heterocycles. The van der Waals surface area contributed by atoms with E-state index in [1.54, 1.807) is 0 Å². The second kappa shape index (κ2) is 10.8. The van der Waals surface area contributed by atoms with E-state index in [0.29, 0.717) is 26.4 Å². The van der Waals surface area contributed by atoms with E-state index in [2.05, 4.69) is 0 Å². The standard InChI is InChI=1S/C8H20O4Si.Tm/c1-5-9-13(10-6-2,11-7-3)12-8-4;/h5-8H2,1-4H3;. The van der Waals surface area contributed by atoms with Crippen LogP contribution < -0.4 is 0 Å². The summed E-state index contributed by atoms with van der Waals surface area (Å²) in [5, 5.41) is 0. The zero-order valence-electron chi connectivity index (χ0n) is 9.24. The van der Waals surface area contributed by atoms with Crippen molar-refractivity contribution in [1.29, 1.82) is 0 Å². The van der Waals surface area contributed by atoms with E-state index < -0.39 is 9.05 Å². The van der Waals surface area contributed by atoms with Gasteiger partial charge in [0, 0.05) is 63.3 Å². The van der Waals surface area contributed by atoms with E-state index >= 15 is 0 Å². The van der Waals surface area contributed by atoms with Gasteiger partial charge in [-0.25, -0.2) is 0 Å². The van der Waals surface area contributed by atoms with Crippen molar-refractivity contribution in [2.24, 2.45) is 0 Å². The normalized spacial score (nSPS) is 11.1. The average Bonchev–Trinajstić information content (AvgIpc) is 2.06. The van der Waals surface area contributed by atoms with Crippen LogP contribution in [-0.4, -0.2) is 35.5 Å². The van der Waals surface area contributed by atoms with E-state index in [1.165, 1.54) is 0 Å². The molecule has 0 bridgehead atoms. The summed E-state index contributed by atoms with van der Waals surface area (Å²) in [6, 6.07) is 0. The Kier molecular flexibility index (Phi) is 13.6. The number of hydrogen-bond donors (Lipinski definition) is 0. The van der Waals surface area contributed by atoms with Gasteiger partial charge >= 0.3 is 9.05 Å². The number of rotatable bonds is 8. The molecule has 0 aromatic carbocycles. The molecule has 0 aliphatic carbocycles. The van der Waals surface area contributed by atoms with Gasteiger partial charge in [-0.15, -0.1) is 0 Å². The molecule has 0 aromatic rings. The quantitative estimate of drug-likeness (QED) is 0.602. The van der Waals surface area contributed by atoms with Gasteiger partial charge < -0.3 is 17.7 Å². The van der Waals surface area contributed by atoms with E-state index in [4.69, 9.17) is 17.7 Å². The fourth-order valence-corrected chi connectivity index (χ4v) is 2.87. The molecule has 0 aliphatic heterocycles. The third-order valence-electron chi connectivity index (χ3n) is 1.28. The summed E-state index contributed by atoms with van der Waals surface area (Å²) in [5.41, 5.74) is 0. The first-order valence-electron chi connectivity index (χ1n) is 4.80. The van der Waals surface area contributed by atoms with Gasteiger partial charge in [-0.3, -0.25) is 0 Å². The predicted octanol–water partition coefficient (Wildman–Crippen LogP) is 1.57. The second-order valence-electron chi connectivity index (χ2n) is 2.23. The molecule has 1 radical (unpaired) electrons.